The van der Waals surface area contributed by atoms with Gasteiger partial charge in [-0.25, -0.2) is 27.5 Å². The van der Waals surface area contributed by atoms with Crippen molar-refractivity contribution >= 4 is 89.2 Å². The Balaban J connectivity index is 0.000000238. The summed E-state index contributed by atoms with van der Waals surface area (Å²) >= 11 is 10.7. The van der Waals surface area contributed by atoms with Gasteiger partial charge >= 0.3 is 25.6 Å². The molecule has 3 amide bonds. The number of rotatable bonds is 18. The number of hydrogen-bond donors (Lipinski definition) is 3. The van der Waals surface area contributed by atoms with Gasteiger partial charge in [-0.15, -0.1) is 0 Å². The number of halogens is 19. The predicted molar refractivity (Wildman–Crippen MR) is 283 cm³/mol. The van der Waals surface area contributed by atoms with Crippen LogP contribution in [0.15, 0.2) is 106 Å². The molecule has 2 atom stereocenters. The lowest BCUT2D eigenvalue weighted by Gasteiger charge is -2.26. The number of alkyl halides is 12. The number of anilines is 4. The predicted octanol–water partition coefficient (Wildman–Crippen LogP) is 16.4. The molecular weight excluding hydrogens is 1330 g/mol. The molecule has 6 aromatic rings. The Kier molecular flexibility index (Phi) is 21.6. The fourth-order valence-electron chi connectivity index (χ4n) is 7.34. The monoisotopic (exact) mass is 1370 g/mol. The highest BCUT2D eigenvalue weighted by atomic mass is 79.9. The molecule has 0 radical (unpaired) electrons. The van der Waals surface area contributed by atoms with Gasteiger partial charge in [0.15, 0.2) is 23.1 Å². The minimum Gasteiger partial charge on any atom is -0.433 e. The van der Waals surface area contributed by atoms with Crippen LogP contribution in [0.5, 0.6) is 11.5 Å². The number of carbonyl (C=O) groups is 4. The maximum atomic E-state index is 15.8. The summed E-state index contributed by atoms with van der Waals surface area (Å²) in [5.74, 6) is -8.09. The lowest BCUT2D eigenvalue weighted by molar-refractivity contribution is -0.229. The molecule has 0 bridgehead atoms. The molecule has 3 N–H and O–H groups in total. The summed E-state index contributed by atoms with van der Waals surface area (Å²) in [6.45, 7) is -6.10. The van der Waals surface area contributed by atoms with Crippen LogP contribution in [-0.4, -0.2) is 71.6 Å². The van der Waals surface area contributed by atoms with Gasteiger partial charge in [0.05, 0.1) is 45.0 Å². The molecule has 2 heterocycles. The topological polar surface area (TPSA) is 152 Å². The first-order valence-electron chi connectivity index (χ1n) is 24.4. The van der Waals surface area contributed by atoms with E-state index in [4.69, 9.17) is 11.6 Å². The van der Waals surface area contributed by atoms with Gasteiger partial charge in [0.25, 0.3) is 23.0 Å². The van der Waals surface area contributed by atoms with Gasteiger partial charge in [-0.2, -0.15) is 52.7 Å². The van der Waals surface area contributed by atoms with E-state index >= 15 is 4.39 Å². The van der Waals surface area contributed by atoms with E-state index in [0.717, 1.165) is 73.3 Å². The molecule has 456 valence electrons. The lowest BCUT2D eigenvalue weighted by Crippen LogP contribution is -2.35. The molecule has 0 aliphatic heterocycles. The Hall–Kier alpha value is -7.21. The van der Waals surface area contributed by atoms with Gasteiger partial charge in [0.1, 0.15) is 0 Å². The van der Waals surface area contributed by atoms with Crippen LogP contribution in [0, 0.1) is 35.4 Å². The summed E-state index contributed by atoms with van der Waals surface area (Å²) in [6, 6.07) is 14.0. The van der Waals surface area contributed by atoms with Gasteiger partial charge in [0, 0.05) is 45.6 Å². The third-order valence-electron chi connectivity index (χ3n) is 12.5. The third kappa shape index (κ3) is 17.3. The maximum Gasteiger partial charge on any atom is 0.426 e. The molecule has 2 saturated carbocycles. The fourth-order valence-corrected chi connectivity index (χ4v) is 8.53. The van der Waals surface area contributed by atoms with E-state index in [1.54, 1.807) is 0 Å². The Morgan fingerprint density at radius 2 is 1.06 bits per heavy atom. The highest BCUT2D eigenvalue weighted by Crippen LogP contribution is 2.49. The van der Waals surface area contributed by atoms with Gasteiger partial charge in [0.2, 0.25) is 23.2 Å². The molecule has 31 heteroatoms. The van der Waals surface area contributed by atoms with Crippen LogP contribution < -0.4 is 30.3 Å². The molecule has 2 aliphatic carbocycles. The van der Waals surface area contributed by atoms with Gasteiger partial charge in [-0.05, 0) is 168 Å². The van der Waals surface area contributed by atoms with Crippen molar-refractivity contribution in [1.82, 2.24) is 9.97 Å². The van der Waals surface area contributed by atoms with Crippen molar-refractivity contribution in [3.63, 3.8) is 0 Å². The van der Waals surface area contributed by atoms with E-state index in [-0.39, 0.29) is 53.3 Å². The second-order valence-corrected chi connectivity index (χ2v) is 20.9. The second-order valence-electron chi connectivity index (χ2n) is 18.8. The largest absolute Gasteiger partial charge is 0.433 e. The first kappa shape index (κ1) is 66.9. The van der Waals surface area contributed by atoms with Crippen molar-refractivity contribution in [3.05, 3.63) is 163 Å². The van der Waals surface area contributed by atoms with E-state index in [2.05, 4.69) is 67.3 Å². The Morgan fingerprint density at radius 3 is 1.46 bits per heavy atom. The zero-order chi connectivity index (χ0) is 63.1. The van der Waals surface area contributed by atoms with Crippen molar-refractivity contribution in [3.8, 4) is 11.5 Å². The van der Waals surface area contributed by atoms with Gasteiger partial charge in [-0.3, -0.25) is 19.2 Å². The number of amides is 3. The average molecular weight is 1370 g/mol. The normalized spacial score (nSPS) is 14.6. The number of pyridine rings is 2. The molecule has 2 aliphatic rings. The molecule has 4 aromatic carbocycles. The molecule has 2 aromatic heterocycles. The SMILES string of the molecule is CC(F)(c1cc(Br)c(NC(=O)c2cccc(N(CC3CC3)C(=O)c3ccc(F)nc3)c2F)c(OC(F)F)c1)C(F)(F)F.CC(F)(c1cc(Br)c(NC(=O)c2cccc(NCC3CC3)c2F)c(OC(F)F)c1)C(F)(F)F.O=C(Cl)c1ccc(F)nc1. The summed E-state index contributed by atoms with van der Waals surface area (Å²) in [7, 11) is 0. The lowest BCUT2D eigenvalue weighted by atomic mass is 9.96. The number of benzene rings is 4. The van der Waals surface area contributed by atoms with E-state index < -0.39 is 133 Å². The zero-order valence-corrected chi connectivity index (χ0v) is 47.2. The van der Waals surface area contributed by atoms with Crippen molar-refractivity contribution in [2.75, 3.05) is 33.9 Å². The Morgan fingerprint density at radius 1 is 0.624 bits per heavy atom. The van der Waals surface area contributed by atoms with Crippen LogP contribution in [0.4, 0.5) is 93.0 Å². The van der Waals surface area contributed by atoms with Crippen LogP contribution in [0.2, 0.25) is 0 Å². The molecule has 85 heavy (non-hydrogen) atoms. The van der Waals surface area contributed by atoms with Crippen LogP contribution >= 0.6 is 43.5 Å². The van der Waals surface area contributed by atoms with Gasteiger partial charge < -0.3 is 30.3 Å². The molecule has 12 nitrogen and oxygen atoms in total. The Labute approximate surface area is 492 Å². The smallest absolute Gasteiger partial charge is 0.426 e. The van der Waals surface area contributed by atoms with Gasteiger partial charge in [-0.1, -0.05) is 12.1 Å². The minimum atomic E-state index is -5.42. The first-order chi connectivity index (χ1) is 39.6. The quantitative estimate of drug-likeness (QED) is 0.0434. The molecule has 0 spiro atoms. The first-order valence-corrected chi connectivity index (χ1v) is 26.3. The minimum absolute atomic E-state index is 0.0423. The molecule has 8 rings (SSSR count). The van der Waals surface area contributed by atoms with Crippen LogP contribution in [0.3, 0.4) is 0 Å². The second kappa shape index (κ2) is 27.4. The van der Waals surface area contributed by atoms with Crippen molar-refractivity contribution in [2.24, 2.45) is 11.8 Å². The summed E-state index contributed by atoms with van der Waals surface area (Å²) < 4.78 is 224. The van der Waals surface area contributed by atoms with E-state index in [0.29, 0.717) is 36.7 Å². The molecular formula is C54H41Br2ClF16N6O6. The zero-order valence-electron chi connectivity index (χ0n) is 43.3. The summed E-state index contributed by atoms with van der Waals surface area (Å²) in [5.41, 5.74) is -12.4. The molecule has 2 unspecified atom stereocenters. The highest BCUT2D eigenvalue weighted by molar-refractivity contribution is 9.11. The number of aromatic nitrogens is 2. The highest BCUT2D eigenvalue weighted by Gasteiger charge is 2.55. The standard InChI is InChI=1S/C27H20BrF8N3O3.C21H18BrF7N2O2.C6H3ClFNO/c1-26(33,27(34,35)36)15-9-17(28)22(19(10-15)42-25(31)32)38-23(40)16-3-2-4-18(21(16)30)39(12-13-5-6-13)24(41)14-7-8-20(29)37-11-14;1-20(26,21(27,28)29)11-7-13(22)17(15(8-11)33-19(24)25)31-18(32)12-3-2-4-14(16(12)23)30-9-10-5-6-10;7-6(10)4-1-2-5(8)9-3-4/h2-4,7-11,13,25H,5-6,12H2,1H3,(H,38,40);2-4,7-8,10,19,30H,5-6,9H2,1H3,(H,31,32);1-3H. The van der Waals surface area contributed by atoms with Crippen molar-refractivity contribution in [1.29, 1.82) is 0 Å². The number of nitrogens with zero attached hydrogens (tertiary/aromatic N) is 3. The van der Waals surface area contributed by atoms with Crippen LogP contribution in [-0.2, 0) is 11.3 Å². The van der Waals surface area contributed by atoms with E-state index in [9.17, 15) is 85.0 Å². The summed E-state index contributed by atoms with van der Waals surface area (Å²) in [4.78, 5) is 57.1. The fraction of sp³-hybridized carbons (Fsp3) is 0.296. The van der Waals surface area contributed by atoms with Crippen LogP contribution in [0.1, 0.15) is 92.1 Å². The van der Waals surface area contributed by atoms with E-state index in [1.807, 2.05) is 0 Å². The Bertz CT molecular complexity index is 3410. The summed E-state index contributed by atoms with van der Waals surface area (Å²) in [5, 5.41) is 6.50. The van der Waals surface area contributed by atoms with Crippen LogP contribution in [0.25, 0.3) is 0 Å². The number of hydrogen-bond acceptors (Lipinski definition) is 9. The number of carbonyl (C=O) groups excluding carboxylic acids is 4. The van der Waals surface area contributed by atoms with Crippen molar-refractivity contribution in [2.45, 2.75) is 76.4 Å². The number of nitrogens with one attached hydrogen (secondary N) is 3. The molecule has 0 saturated heterocycles. The summed E-state index contributed by atoms with van der Waals surface area (Å²) in [6.07, 6.45) is -5.17. The average Bonchev–Trinajstić information content (AvgIpc) is 2.63. The maximum absolute atomic E-state index is 15.8. The number of ether oxygens (including phenoxy) is 2. The van der Waals surface area contributed by atoms with Crippen molar-refractivity contribution < 1.29 is 98.9 Å². The third-order valence-corrected chi connectivity index (χ3v) is 14.0. The molecule has 2 fully saturated rings. The van der Waals surface area contributed by atoms with E-state index in [1.165, 1.54) is 30.3 Å².